The minimum atomic E-state index is -0.772. The lowest BCUT2D eigenvalue weighted by atomic mass is 10.0. The molecule has 0 heterocycles. The van der Waals surface area contributed by atoms with Gasteiger partial charge in [0.05, 0.1) is 0 Å². The van der Waals surface area contributed by atoms with Gasteiger partial charge in [0.25, 0.3) is 0 Å². The number of ether oxygens (including phenoxy) is 3. The lowest BCUT2D eigenvalue weighted by molar-refractivity contribution is -0.167. The largest absolute Gasteiger partial charge is 0.462 e. The molecule has 6 heteroatoms. The Labute approximate surface area is 505 Å². The van der Waals surface area contributed by atoms with Gasteiger partial charge in [-0.05, 0) is 57.8 Å². The summed E-state index contributed by atoms with van der Waals surface area (Å²) in [7, 11) is 0. The molecule has 0 bridgehead atoms. The zero-order valence-corrected chi connectivity index (χ0v) is 54.6. The molecule has 474 valence electrons. The van der Waals surface area contributed by atoms with Crippen LogP contribution in [0.5, 0.6) is 0 Å². The monoisotopic (exact) mass is 1140 g/mol. The van der Waals surface area contributed by atoms with Gasteiger partial charge in [-0.1, -0.05) is 365 Å². The highest BCUT2D eigenvalue weighted by Crippen LogP contribution is 2.19. The Bertz CT molecular complexity index is 1400. The smallest absolute Gasteiger partial charge is 0.306 e. The van der Waals surface area contributed by atoms with E-state index in [2.05, 4.69) is 69.4 Å². The molecule has 81 heavy (non-hydrogen) atoms. The number of unbranched alkanes of at least 4 members (excludes halogenated alkanes) is 48. The number of allylic oxidation sites excluding steroid dienone is 8. The molecule has 1 unspecified atom stereocenters. The van der Waals surface area contributed by atoms with Crippen LogP contribution in [0.3, 0.4) is 0 Å². The van der Waals surface area contributed by atoms with Gasteiger partial charge in [0.15, 0.2) is 6.10 Å². The van der Waals surface area contributed by atoms with Gasteiger partial charge in [-0.15, -0.1) is 0 Å². The molecule has 0 N–H and O–H groups in total. The maximum absolute atomic E-state index is 12.9. The Balaban J connectivity index is 4.07. The molecule has 0 saturated carbocycles. The first-order valence-corrected chi connectivity index (χ1v) is 36.1. The summed E-state index contributed by atoms with van der Waals surface area (Å²) in [6, 6.07) is 0. The van der Waals surface area contributed by atoms with E-state index in [1.165, 1.54) is 270 Å². The number of rotatable bonds is 67. The van der Waals surface area contributed by atoms with Gasteiger partial charge in [0, 0.05) is 19.3 Å². The summed E-state index contributed by atoms with van der Waals surface area (Å²) in [6.07, 6.45) is 88.9. The first-order chi connectivity index (χ1) is 40.0. The van der Waals surface area contributed by atoms with Crippen molar-refractivity contribution < 1.29 is 28.6 Å². The van der Waals surface area contributed by atoms with Crippen molar-refractivity contribution in [3.05, 3.63) is 48.6 Å². The highest BCUT2D eigenvalue weighted by Gasteiger charge is 2.19. The quantitative estimate of drug-likeness (QED) is 0.0261. The normalized spacial score (nSPS) is 12.3. The lowest BCUT2D eigenvalue weighted by Gasteiger charge is -2.18. The average Bonchev–Trinajstić information content (AvgIpc) is 3.47. The summed E-state index contributed by atoms with van der Waals surface area (Å²) >= 11 is 0. The molecule has 0 saturated heterocycles. The Morgan fingerprint density at radius 3 is 0.753 bits per heavy atom. The summed E-state index contributed by atoms with van der Waals surface area (Å²) in [6.45, 7) is 6.57. The van der Waals surface area contributed by atoms with E-state index in [9.17, 15) is 14.4 Å². The molecule has 1 atom stereocenters. The van der Waals surface area contributed by atoms with Crippen molar-refractivity contribution >= 4 is 17.9 Å². The summed E-state index contributed by atoms with van der Waals surface area (Å²) in [5.74, 6) is -0.852. The molecule has 0 spiro atoms. The molecule has 6 nitrogen and oxygen atoms in total. The van der Waals surface area contributed by atoms with Crippen LogP contribution in [0.2, 0.25) is 0 Å². The van der Waals surface area contributed by atoms with Crippen molar-refractivity contribution in [3.63, 3.8) is 0 Å². The van der Waals surface area contributed by atoms with E-state index in [-0.39, 0.29) is 31.1 Å². The number of esters is 3. The number of carbonyl (C=O) groups is 3. The van der Waals surface area contributed by atoms with Crippen LogP contribution in [-0.4, -0.2) is 37.2 Å². The standard InChI is InChI=1S/C75H138O6/c1-4-7-10-13-16-19-21-23-25-27-29-31-33-34-35-36-37-38-39-40-42-43-45-47-49-51-53-56-59-62-65-68-74(77)80-71-72(70-79-73(76)67-64-61-58-55-18-15-12-9-6-3)81-75(78)69-66-63-60-57-54-52-50-48-46-44-41-32-30-28-26-24-22-20-17-14-11-8-5-2/h8,11,17,20,24,26,30,32,72H,4-7,9-10,12-16,18-19,21-23,25,27-29,31,33-71H2,1-3H3/b11-8-,20-17-,26-24-,32-30-. The zero-order chi connectivity index (χ0) is 58.5. The fraction of sp³-hybridized carbons (Fsp3) is 0.853. The second kappa shape index (κ2) is 69.9. The van der Waals surface area contributed by atoms with Gasteiger partial charge < -0.3 is 14.2 Å². The van der Waals surface area contributed by atoms with Gasteiger partial charge in [-0.3, -0.25) is 14.4 Å². The fourth-order valence-electron chi connectivity index (χ4n) is 11.0. The molecule has 0 aliphatic carbocycles. The predicted molar refractivity (Wildman–Crippen MR) is 353 cm³/mol. The molecule has 0 fully saturated rings. The topological polar surface area (TPSA) is 78.9 Å². The summed E-state index contributed by atoms with van der Waals surface area (Å²) in [5.41, 5.74) is 0. The molecule has 0 amide bonds. The van der Waals surface area contributed by atoms with Crippen LogP contribution in [0.1, 0.15) is 393 Å². The number of hydrogen-bond donors (Lipinski definition) is 0. The lowest BCUT2D eigenvalue weighted by Crippen LogP contribution is -2.30. The SMILES string of the molecule is CC/C=C\C/C=C\C/C=C\C/C=C\CCCCCCCCCCCCC(=O)OC(COC(=O)CCCCCCCCCCC)COC(=O)CCCCCCCCCCCCCCCCCCCCCCCCCCCCCCCCC. The number of hydrogen-bond acceptors (Lipinski definition) is 6. The van der Waals surface area contributed by atoms with E-state index in [0.717, 1.165) is 83.5 Å². The van der Waals surface area contributed by atoms with Crippen LogP contribution in [0.4, 0.5) is 0 Å². The Kier molecular flexibility index (Phi) is 67.6. The third-order valence-electron chi connectivity index (χ3n) is 16.3. The highest BCUT2D eigenvalue weighted by molar-refractivity contribution is 5.71. The summed E-state index contributed by atoms with van der Waals surface area (Å²) in [4.78, 5) is 38.3. The van der Waals surface area contributed by atoms with Gasteiger partial charge in [0.1, 0.15) is 13.2 Å². The molecule has 0 aromatic carbocycles. The third-order valence-corrected chi connectivity index (χ3v) is 16.3. The van der Waals surface area contributed by atoms with Crippen molar-refractivity contribution in [1.29, 1.82) is 0 Å². The Morgan fingerprint density at radius 1 is 0.259 bits per heavy atom. The summed E-state index contributed by atoms with van der Waals surface area (Å²) in [5, 5.41) is 0. The predicted octanol–water partition coefficient (Wildman–Crippen LogP) is 24.9. The Hall–Kier alpha value is -2.63. The molecular formula is C75H138O6. The molecular weight excluding hydrogens is 997 g/mol. The average molecular weight is 1140 g/mol. The molecule has 0 rings (SSSR count). The Morgan fingerprint density at radius 2 is 0.481 bits per heavy atom. The summed E-state index contributed by atoms with van der Waals surface area (Å²) < 4.78 is 16.9. The first kappa shape index (κ1) is 78.4. The van der Waals surface area contributed by atoms with Crippen LogP contribution in [0, 0.1) is 0 Å². The van der Waals surface area contributed by atoms with Crippen molar-refractivity contribution in [2.75, 3.05) is 13.2 Å². The van der Waals surface area contributed by atoms with Gasteiger partial charge in [-0.25, -0.2) is 0 Å². The molecule has 0 aliphatic rings. The van der Waals surface area contributed by atoms with E-state index in [1.807, 2.05) is 0 Å². The van der Waals surface area contributed by atoms with Crippen molar-refractivity contribution in [3.8, 4) is 0 Å². The first-order valence-electron chi connectivity index (χ1n) is 36.1. The van der Waals surface area contributed by atoms with Gasteiger partial charge in [-0.2, -0.15) is 0 Å². The molecule has 0 aliphatic heterocycles. The van der Waals surface area contributed by atoms with E-state index in [0.29, 0.717) is 19.3 Å². The fourth-order valence-corrected chi connectivity index (χ4v) is 11.0. The van der Waals surface area contributed by atoms with E-state index < -0.39 is 6.10 Å². The van der Waals surface area contributed by atoms with Crippen molar-refractivity contribution in [2.45, 2.75) is 399 Å². The number of carbonyl (C=O) groups excluding carboxylic acids is 3. The molecule has 0 aromatic rings. The van der Waals surface area contributed by atoms with E-state index in [1.54, 1.807) is 0 Å². The van der Waals surface area contributed by atoms with Crippen LogP contribution in [-0.2, 0) is 28.6 Å². The molecule has 0 radical (unpaired) electrons. The second-order valence-electron chi connectivity index (χ2n) is 24.5. The van der Waals surface area contributed by atoms with Crippen LogP contribution >= 0.6 is 0 Å². The third kappa shape index (κ3) is 68.0. The van der Waals surface area contributed by atoms with Gasteiger partial charge >= 0.3 is 17.9 Å². The van der Waals surface area contributed by atoms with E-state index in [4.69, 9.17) is 14.2 Å². The zero-order valence-electron chi connectivity index (χ0n) is 54.6. The van der Waals surface area contributed by atoms with Crippen LogP contribution in [0.25, 0.3) is 0 Å². The van der Waals surface area contributed by atoms with Crippen molar-refractivity contribution in [2.24, 2.45) is 0 Å². The maximum atomic E-state index is 12.9. The maximum Gasteiger partial charge on any atom is 0.306 e. The highest BCUT2D eigenvalue weighted by atomic mass is 16.6. The van der Waals surface area contributed by atoms with E-state index >= 15 is 0 Å². The molecule has 0 aromatic heterocycles. The van der Waals surface area contributed by atoms with Crippen LogP contribution < -0.4 is 0 Å². The second-order valence-corrected chi connectivity index (χ2v) is 24.5. The minimum absolute atomic E-state index is 0.0695. The van der Waals surface area contributed by atoms with Crippen LogP contribution in [0.15, 0.2) is 48.6 Å². The van der Waals surface area contributed by atoms with Crippen molar-refractivity contribution in [1.82, 2.24) is 0 Å². The minimum Gasteiger partial charge on any atom is -0.462 e. The van der Waals surface area contributed by atoms with Gasteiger partial charge in [0.2, 0.25) is 0 Å².